The number of likely N-dealkylation sites (tertiary alicyclic amines) is 2. The zero-order valence-corrected chi connectivity index (χ0v) is 17.9. The van der Waals surface area contributed by atoms with Crippen molar-refractivity contribution in [2.45, 2.75) is 39.0 Å². The molecule has 1 aromatic carbocycles. The van der Waals surface area contributed by atoms with Crippen molar-refractivity contribution in [2.24, 2.45) is 5.41 Å². The third-order valence-corrected chi connectivity index (χ3v) is 6.34. The topological polar surface area (TPSA) is 73.7 Å². The van der Waals surface area contributed by atoms with Crippen LogP contribution in [-0.2, 0) is 22.7 Å². The lowest BCUT2D eigenvalue weighted by atomic mass is 9.85. The van der Waals surface area contributed by atoms with Crippen LogP contribution in [-0.4, -0.2) is 57.6 Å². The molecule has 2 fully saturated rings. The molecule has 0 radical (unpaired) electrons. The Labute approximate surface area is 182 Å². The molecule has 4 rings (SSSR count). The van der Waals surface area contributed by atoms with Crippen molar-refractivity contribution in [3.63, 3.8) is 0 Å². The normalized spacial score (nSPS) is 21.4. The number of carboxylic acids is 1. The van der Waals surface area contributed by atoms with Crippen molar-refractivity contribution in [2.75, 3.05) is 19.6 Å². The summed E-state index contributed by atoms with van der Waals surface area (Å²) in [6.45, 7) is 6.50. The highest BCUT2D eigenvalue weighted by Gasteiger charge is 2.50. The highest BCUT2D eigenvalue weighted by Crippen LogP contribution is 2.41. The van der Waals surface area contributed by atoms with Gasteiger partial charge in [-0.1, -0.05) is 29.8 Å². The van der Waals surface area contributed by atoms with E-state index in [4.69, 9.17) is 9.90 Å². The molecule has 1 amide bonds. The van der Waals surface area contributed by atoms with Gasteiger partial charge >= 0.3 is 12.1 Å². The lowest BCUT2D eigenvalue weighted by Gasteiger charge is -2.23. The Bertz CT molecular complexity index is 920. The molecular formula is C21H24F3N3O3S. The largest absolute Gasteiger partial charge is 0.490 e. The lowest BCUT2D eigenvalue weighted by molar-refractivity contribution is -0.192. The van der Waals surface area contributed by atoms with Gasteiger partial charge in [-0.15, -0.1) is 11.3 Å². The van der Waals surface area contributed by atoms with Crippen LogP contribution in [0.5, 0.6) is 0 Å². The molecule has 2 saturated heterocycles. The second kappa shape index (κ2) is 9.35. The third kappa shape index (κ3) is 5.82. The number of amides is 1. The summed E-state index contributed by atoms with van der Waals surface area (Å²) in [5, 5.41) is 10.3. The fourth-order valence-corrected chi connectivity index (χ4v) is 4.73. The number of rotatable bonds is 4. The number of aryl methyl sites for hydroxylation is 1. The number of alkyl halides is 3. The molecule has 0 aliphatic carbocycles. The van der Waals surface area contributed by atoms with E-state index < -0.39 is 12.1 Å². The average Bonchev–Trinajstić information content (AvgIpc) is 3.41. The summed E-state index contributed by atoms with van der Waals surface area (Å²) < 4.78 is 31.7. The first-order valence-corrected chi connectivity index (χ1v) is 10.7. The van der Waals surface area contributed by atoms with E-state index in [1.165, 1.54) is 11.1 Å². The molecule has 1 atom stereocenters. The van der Waals surface area contributed by atoms with E-state index in [9.17, 15) is 18.0 Å². The van der Waals surface area contributed by atoms with Crippen molar-refractivity contribution >= 4 is 23.2 Å². The summed E-state index contributed by atoms with van der Waals surface area (Å²) in [5.41, 5.74) is 2.34. The number of benzene rings is 1. The molecule has 1 N–H and O–H groups in total. The van der Waals surface area contributed by atoms with Crippen LogP contribution in [0.2, 0.25) is 0 Å². The van der Waals surface area contributed by atoms with Crippen molar-refractivity contribution in [1.82, 2.24) is 14.8 Å². The molecule has 0 bridgehead atoms. The van der Waals surface area contributed by atoms with E-state index in [0.717, 1.165) is 50.6 Å². The molecule has 6 nitrogen and oxygen atoms in total. The van der Waals surface area contributed by atoms with Crippen LogP contribution in [0.25, 0.3) is 0 Å². The molecule has 2 aliphatic heterocycles. The minimum atomic E-state index is -5.08. The molecule has 0 saturated carbocycles. The van der Waals surface area contributed by atoms with Crippen LogP contribution >= 0.6 is 11.3 Å². The lowest BCUT2D eigenvalue weighted by Crippen LogP contribution is -2.36. The SMILES string of the molecule is Cc1cccc(CN2CCC3(CCN(Cc4nccs4)C3)C2=O)c1.O=C(O)C(F)(F)F. The number of carbonyl (C=O) groups excluding carboxylic acids is 1. The van der Waals surface area contributed by atoms with E-state index in [0.29, 0.717) is 5.91 Å². The zero-order valence-electron chi connectivity index (χ0n) is 17.1. The van der Waals surface area contributed by atoms with E-state index in [2.05, 4.69) is 46.0 Å². The Hall–Kier alpha value is -2.46. The van der Waals surface area contributed by atoms with Crippen LogP contribution in [0.1, 0.15) is 29.0 Å². The van der Waals surface area contributed by atoms with Crippen molar-refractivity contribution in [3.05, 3.63) is 52.0 Å². The summed E-state index contributed by atoms with van der Waals surface area (Å²) in [4.78, 5) is 30.8. The number of carbonyl (C=O) groups is 2. The Morgan fingerprint density at radius 1 is 1.26 bits per heavy atom. The molecule has 3 heterocycles. The number of halogens is 3. The van der Waals surface area contributed by atoms with Gasteiger partial charge in [0.15, 0.2) is 0 Å². The summed E-state index contributed by atoms with van der Waals surface area (Å²) in [7, 11) is 0. The first-order chi connectivity index (χ1) is 14.6. The number of nitrogens with zero attached hydrogens (tertiary/aromatic N) is 3. The fourth-order valence-electron chi connectivity index (χ4n) is 4.07. The number of hydrogen-bond acceptors (Lipinski definition) is 5. The van der Waals surface area contributed by atoms with Gasteiger partial charge in [0, 0.05) is 31.2 Å². The number of hydrogen-bond donors (Lipinski definition) is 1. The summed E-state index contributed by atoms with van der Waals surface area (Å²) >= 11 is 1.70. The Kier molecular flexibility index (Phi) is 7.00. The summed E-state index contributed by atoms with van der Waals surface area (Å²) in [6.07, 6.45) is -1.25. The average molecular weight is 456 g/mol. The zero-order chi connectivity index (χ0) is 22.6. The van der Waals surface area contributed by atoms with E-state index in [1.54, 1.807) is 11.3 Å². The molecule has 10 heteroatoms. The molecule has 1 unspecified atom stereocenters. The van der Waals surface area contributed by atoms with Gasteiger partial charge in [0.25, 0.3) is 0 Å². The maximum atomic E-state index is 13.1. The molecule has 2 aliphatic rings. The Balaban J connectivity index is 0.000000339. The standard InChI is InChI=1S/C19H23N3OS.C2HF3O2/c1-15-3-2-4-16(11-15)12-22-9-6-19(18(22)23)5-8-21(14-19)13-17-20-7-10-24-17;3-2(4,5)1(6)7/h2-4,7,10-11H,5-6,8-9,12-14H2,1H3;(H,6,7). The second-order valence-corrected chi connectivity index (χ2v) is 8.91. The molecule has 1 aromatic heterocycles. The van der Waals surface area contributed by atoms with E-state index >= 15 is 0 Å². The predicted octanol–water partition coefficient (Wildman–Crippen LogP) is 3.71. The maximum absolute atomic E-state index is 13.1. The fraction of sp³-hybridized carbons (Fsp3) is 0.476. The van der Waals surface area contributed by atoms with E-state index in [1.807, 2.05) is 11.6 Å². The summed E-state index contributed by atoms with van der Waals surface area (Å²) in [5.74, 6) is -2.40. The van der Waals surface area contributed by atoms with Crippen molar-refractivity contribution in [1.29, 1.82) is 0 Å². The van der Waals surface area contributed by atoms with Gasteiger partial charge in [0.05, 0.1) is 12.0 Å². The Morgan fingerprint density at radius 2 is 1.97 bits per heavy atom. The van der Waals surface area contributed by atoms with Gasteiger partial charge in [-0.3, -0.25) is 9.69 Å². The Morgan fingerprint density at radius 3 is 2.58 bits per heavy atom. The quantitative estimate of drug-likeness (QED) is 0.761. The van der Waals surface area contributed by atoms with Crippen LogP contribution in [0.15, 0.2) is 35.8 Å². The van der Waals surface area contributed by atoms with Crippen LogP contribution < -0.4 is 0 Å². The maximum Gasteiger partial charge on any atom is 0.490 e. The smallest absolute Gasteiger partial charge is 0.475 e. The number of thiazole rings is 1. The predicted molar refractivity (Wildman–Crippen MR) is 109 cm³/mol. The van der Waals surface area contributed by atoms with Gasteiger partial charge < -0.3 is 10.0 Å². The minimum Gasteiger partial charge on any atom is -0.475 e. The second-order valence-electron chi connectivity index (χ2n) is 7.94. The van der Waals surface area contributed by atoms with Gasteiger partial charge in [-0.2, -0.15) is 13.2 Å². The summed E-state index contributed by atoms with van der Waals surface area (Å²) in [6, 6.07) is 8.48. The monoisotopic (exact) mass is 455 g/mol. The van der Waals surface area contributed by atoms with Crippen molar-refractivity contribution in [3.8, 4) is 0 Å². The first kappa shape index (κ1) is 23.2. The van der Waals surface area contributed by atoms with E-state index in [-0.39, 0.29) is 5.41 Å². The van der Waals surface area contributed by atoms with Gasteiger partial charge in [0.1, 0.15) is 5.01 Å². The number of aromatic nitrogens is 1. The molecule has 31 heavy (non-hydrogen) atoms. The van der Waals surface area contributed by atoms with Gasteiger partial charge in [0.2, 0.25) is 5.91 Å². The highest BCUT2D eigenvalue weighted by molar-refractivity contribution is 7.09. The number of carboxylic acid groups (broad SMARTS) is 1. The van der Waals surface area contributed by atoms with Crippen molar-refractivity contribution < 1.29 is 27.9 Å². The minimum absolute atomic E-state index is 0.152. The number of aliphatic carboxylic acids is 1. The molecule has 1 spiro atoms. The van der Waals surface area contributed by atoms with Crippen LogP contribution in [0, 0.1) is 12.3 Å². The molecule has 2 aromatic rings. The molecular weight excluding hydrogens is 431 g/mol. The van der Waals surface area contributed by atoms with Crippen LogP contribution in [0.3, 0.4) is 0 Å². The first-order valence-electron chi connectivity index (χ1n) is 9.85. The molecule has 168 valence electrons. The highest BCUT2D eigenvalue weighted by atomic mass is 32.1. The van der Waals surface area contributed by atoms with Gasteiger partial charge in [-0.25, -0.2) is 9.78 Å². The van der Waals surface area contributed by atoms with Gasteiger partial charge in [-0.05, 0) is 31.9 Å². The van der Waals surface area contributed by atoms with Crippen LogP contribution in [0.4, 0.5) is 13.2 Å². The third-order valence-electron chi connectivity index (χ3n) is 5.57.